The number of nitrogens with two attached hydrogens (primary N) is 1. The van der Waals surface area contributed by atoms with Crippen molar-refractivity contribution in [2.45, 2.75) is 46.3 Å². The molecule has 0 spiro atoms. The highest BCUT2D eigenvalue weighted by atomic mass is 32.1. The smallest absolute Gasteiger partial charge is 0.131 e. The lowest BCUT2D eigenvalue weighted by Gasteiger charge is -2.14. The zero-order valence-electron chi connectivity index (χ0n) is 12.3. The van der Waals surface area contributed by atoms with Crippen LogP contribution in [0.25, 0.3) is 0 Å². The van der Waals surface area contributed by atoms with Crippen molar-refractivity contribution in [3.05, 3.63) is 45.4 Å². The summed E-state index contributed by atoms with van der Waals surface area (Å²) in [7, 11) is 0. The molecule has 1 aromatic carbocycles. The van der Waals surface area contributed by atoms with Crippen LogP contribution in [0, 0.1) is 6.92 Å². The molecule has 3 nitrogen and oxygen atoms in total. The predicted octanol–water partition coefficient (Wildman–Crippen LogP) is 4.00. The third-order valence-corrected chi connectivity index (χ3v) is 4.06. The molecule has 2 aromatic rings. The Morgan fingerprint density at radius 2 is 2.20 bits per heavy atom. The first kappa shape index (κ1) is 15.0. The van der Waals surface area contributed by atoms with E-state index in [9.17, 15) is 0 Å². The Bertz CT molecular complexity index is 563. The van der Waals surface area contributed by atoms with Crippen molar-refractivity contribution in [3.63, 3.8) is 0 Å². The lowest BCUT2D eigenvalue weighted by Crippen LogP contribution is -2.08. The number of benzene rings is 1. The molecule has 1 heterocycles. The van der Waals surface area contributed by atoms with Crippen molar-refractivity contribution >= 4 is 11.3 Å². The maximum absolute atomic E-state index is 5.98. The molecule has 108 valence electrons. The van der Waals surface area contributed by atoms with Crippen molar-refractivity contribution < 1.29 is 4.74 Å². The van der Waals surface area contributed by atoms with E-state index in [-0.39, 0.29) is 6.04 Å². The fourth-order valence-corrected chi connectivity index (χ4v) is 2.92. The monoisotopic (exact) mass is 290 g/mol. The minimum Gasteiger partial charge on any atom is -0.487 e. The maximum Gasteiger partial charge on any atom is 0.131 e. The highest BCUT2D eigenvalue weighted by Crippen LogP contribution is 2.26. The van der Waals surface area contributed by atoms with Crippen LogP contribution in [0.1, 0.15) is 48.1 Å². The van der Waals surface area contributed by atoms with Gasteiger partial charge in [0.15, 0.2) is 0 Å². The zero-order chi connectivity index (χ0) is 14.5. The van der Waals surface area contributed by atoms with Crippen LogP contribution in [0.3, 0.4) is 0 Å². The Hall–Kier alpha value is -1.39. The van der Waals surface area contributed by atoms with Gasteiger partial charge in [0.05, 0.1) is 10.7 Å². The fraction of sp³-hybridized carbons (Fsp3) is 0.438. The molecular weight excluding hydrogens is 268 g/mol. The number of hydrogen-bond acceptors (Lipinski definition) is 4. The molecule has 0 saturated carbocycles. The van der Waals surface area contributed by atoms with Gasteiger partial charge >= 0.3 is 0 Å². The average Bonchev–Trinajstić information content (AvgIpc) is 2.84. The molecule has 0 unspecified atom stereocenters. The number of ether oxygens (including phenoxy) is 1. The summed E-state index contributed by atoms with van der Waals surface area (Å²) in [6.07, 6.45) is 2.17. The normalized spacial score (nSPS) is 12.4. The van der Waals surface area contributed by atoms with Crippen molar-refractivity contribution in [3.8, 4) is 5.75 Å². The third-order valence-electron chi connectivity index (χ3n) is 3.10. The summed E-state index contributed by atoms with van der Waals surface area (Å²) < 4.78 is 5.92. The molecule has 1 aromatic heterocycles. The summed E-state index contributed by atoms with van der Waals surface area (Å²) in [5.41, 5.74) is 9.20. The SMILES string of the molecule is CCCc1nc(COc2cc(C)ccc2[C@@H](C)N)cs1. The van der Waals surface area contributed by atoms with Gasteiger partial charge in [-0.1, -0.05) is 19.1 Å². The number of aromatic nitrogens is 1. The van der Waals surface area contributed by atoms with Gasteiger partial charge in [0.1, 0.15) is 12.4 Å². The van der Waals surface area contributed by atoms with Crippen LogP contribution >= 0.6 is 11.3 Å². The Labute approximate surface area is 124 Å². The van der Waals surface area contributed by atoms with E-state index in [0.717, 1.165) is 29.8 Å². The molecular formula is C16H22N2OS. The Balaban J connectivity index is 2.07. The van der Waals surface area contributed by atoms with Crippen molar-refractivity contribution in [1.29, 1.82) is 0 Å². The summed E-state index contributed by atoms with van der Waals surface area (Å²) in [4.78, 5) is 4.57. The molecule has 20 heavy (non-hydrogen) atoms. The van der Waals surface area contributed by atoms with Crippen LogP contribution in [0.5, 0.6) is 5.75 Å². The van der Waals surface area contributed by atoms with Crippen LogP contribution in [-0.2, 0) is 13.0 Å². The highest BCUT2D eigenvalue weighted by molar-refractivity contribution is 7.09. The number of rotatable bonds is 6. The second-order valence-corrected chi connectivity index (χ2v) is 6.04. The van der Waals surface area contributed by atoms with E-state index >= 15 is 0 Å². The van der Waals surface area contributed by atoms with Gasteiger partial charge in [-0.25, -0.2) is 4.98 Å². The van der Waals surface area contributed by atoms with Crippen LogP contribution in [0.15, 0.2) is 23.6 Å². The summed E-state index contributed by atoms with van der Waals surface area (Å²) in [6.45, 7) is 6.70. The van der Waals surface area contributed by atoms with Crippen molar-refractivity contribution in [2.75, 3.05) is 0 Å². The lowest BCUT2D eigenvalue weighted by atomic mass is 10.1. The molecule has 0 saturated heterocycles. The molecule has 2 rings (SSSR count). The molecule has 0 aliphatic rings. The second-order valence-electron chi connectivity index (χ2n) is 5.10. The number of hydrogen-bond donors (Lipinski definition) is 1. The summed E-state index contributed by atoms with van der Waals surface area (Å²) >= 11 is 1.71. The molecule has 0 aliphatic heterocycles. The van der Waals surface area contributed by atoms with Gasteiger partial charge in [0.25, 0.3) is 0 Å². The fourth-order valence-electron chi connectivity index (χ4n) is 2.04. The summed E-state index contributed by atoms with van der Waals surface area (Å²) in [6, 6.07) is 6.11. The van der Waals surface area contributed by atoms with Gasteiger partial charge in [0, 0.05) is 17.0 Å². The number of thiazole rings is 1. The largest absolute Gasteiger partial charge is 0.487 e. The van der Waals surface area contributed by atoms with Crippen LogP contribution in [0.2, 0.25) is 0 Å². The van der Waals surface area contributed by atoms with E-state index in [4.69, 9.17) is 10.5 Å². The minimum absolute atomic E-state index is 0.0308. The Kier molecular flexibility index (Phi) is 5.15. The number of aryl methyl sites for hydroxylation is 2. The van der Waals surface area contributed by atoms with E-state index in [2.05, 4.69) is 30.3 Å². The standard InChI is InChI=1S/C16H22N2OS/c1-4-5-16-18-13(10-20-16)9-19-15-8-11(2)6-7-14(15)12(3)17/h6-8,10,12H,4-5,9,17H2,1-3H3/t12-/m1/s1. The van der Waals surface area contributed by atoms with Crippen LogP contribution < -0.4 is 10.5 Å². The first-order chi connectivity index (χ1) is 9.60. The van der Waals surface area contributed by atoms with Crippen molar-refractivity contribution in [1.82, 2.24) is 4.98 Å². The van der Waals surface area contributed by atoms with E-state index in [1.54, 1.807) is 11.3 Å². The van der Waals surface area contributed by atoms with Crippen LogP contribution in [-0.4, -0.2) is 4.98 Å². The second kappa shape index (κ2) is 6.86. The minimum atomic E-state index is -0.0308. The van der Waals surface area contributed by atoms with Gasteiger partial charge in [-0.15, -0.1) is 11.3 Å². The average molecular weight is 290 g/mol. The predicted molar refractivity (Wildman–Crippen MR) is 84.2 cm³/mol. The Morgan fingerprint density at radius 1 is 1.40 bits per heavy atom. The Morgan fingerprint density at radius 3 is 2.90 bits per heavy atom. The van der Waals surface area contributed by atoms with Gasteiger partial charge < -0.3 is 10.5 Å². The molecule has 0 aliphatic carbocycles. The summed E-state index contributed by atoms with van der Waals surface area (Å²) in [5, 5.41) is 3.26. The first-order valence-electron chi connectivity index (χ1n) is 7.02. The first-order valence-corrected chi connectivity index (χ1v) is 7.90. The molecule has 0 bridgehead atoms. The lowest BCUT2D eigenvalue weighted by molar-refractivity contribution is 0.297. The van der Waals surface area contributed by atoms with Gasteiger partial charge in [0.2, 0.25) is 0 Å². The van der Waals surface area contributed by atoms with Gasteiger partial charge in [-0.2, -0.15) is 0 Å². The van der Waals surface area contributed by atoms with E-state index < -0.39 is 0 Å². The number of nitrogens with zero attached hydrogens (tertiary/aromatic N) is 1. The van der Waals surface area contributed by atoms with Gasteiger partial charge in [-0.3, -0.25) is 0 Å². The molecule has 0 amide bonds. The quantitative estimate of drug-likeness (QED) is 0.874. The molecule has 1 atom stereocenters. The van der Waals surface area contributed by atoms with E-state index in [0.29, 0.717) is 6.61 Å². The molecule has 4 heteroatoms. The topological polar surface area (TPSA) is 48.1 Å². The van der Waals surface area contributed by atoms with E-state index in [1.165, 1.54) is 10.6 Å². The molecule has 0 radical (unpaired) electrons. The van der Waals surface area contributed by atoms with Crippen LogP contribution in [0.4, 0.5) is 0 Å². The highest BCUT2D eigenvalue weighted by Gasteiger charge is 2.09. The maximum atomic E-state index is 5.98. The molecule has 2 N–H and O–H groups in total. The summed E-state index contributed by atoms with van der Waals surface area (Å²) in [5.74, 6) is 0.866. The van der Waals surface area contributed by atoms with Crippen molar-refractivity contribution in [2.24, 2.45) is 5.73 Å². The zero-order valence-corrected chi connectivity index (χ0v) is 13.2. The third kappa shape index (κ3) is 3.81. The van der Waals surface area contributed by atoms with Gasteiger partial charge in [-0.05, 0) is 38.3 Å². The van der Waals surface area contributed by atoms with E-state index in [1.807, 2.05) is 19.1 Å². The molecule has 0 fully saturated rings.